The Morgan fingerprint density at radius 1 is 1.14 bits per heavy atom. The highest BCUT2D eigenvalue weighted by Gasteiger charge is 2.32. The maximum absolute atomic E-state index is 13.8. The zero-order valence-corrected chi connectivity index (χ0v) is 18.3. The molecule has 9 nitrogen and oxygen atoms in total. The second kappa shape index (κ2) is 9.34. The predicted molar refractivity (Wildman–Crippen MR) is 123 cm³/mol. The highest BCUT2D eigenvalue weighted by molar-refractivity contribution is 5.94. The number of oxazole rings is 1. The minimum absolute atomic E-state index is 0.00285. The maximum atomic E-state index is 13.8. The lowest BCUT2D eigenvalue weighted by Crippen LogP contribution is -2.39. The number of carboxylic acid groups (broad SMARTS) is 1. The van der Waals surface area contributed by atoms with Crippen molar-refractivity contribution in [2.24, 2.45) is 0 Å². The zero-order chi connectivity index (χ0) is 24.4. The van der Waals surface area contributed by atoms with Gasteiger partial charge in [-0.2, -0.15) is 4.98 Å². The molecule has 4 aromatic rings. The van der Waals surface area contributed by atoms with Crippen molar-refractivity contribution in [3.63, 3.8) is 0 Å². The second-order valence-electron chi connectivity index (χ2n) is 7.88. The van der Waals surface area contributed by atoms with Crippen LogP contribution in [-0.4, -0.2) is 49.4 Å². The van der Waals surface area contributed by atoms with Crippen LogP contribution in [0.25, 0.3) is 28.8 Å². The molecule has 1 N–H and O–H groups in total. The van der Waals surface area contributed by atoms with E-state index < -0.39 is 17.8 Å². The minimum Gasteiger partial charge on any atom is -0.480 e. The van der Waals surface area contributed by atoms with Crippen LogP contribution >= 0.6 is 0 Å². The van der Waals surface area contributed by atoms with Gasteiger partial charge in [0.2, 0.25) is 11.8 Å². The molecule has 1 aliphatic rings. The van der Waals surface area contributed by atoms with Crippen LogP contribution in [0.15, 0.2) is 65.2 Å². The van der Waals surface area contributed by atoms with Crippen molar-refractivity contribution in [2.75, 3.05) is 6.54 Å². The molecule has 0 unspecified atom stereocenters. The number of hydrogen-bond acceptors (Lipinski definition) is 7. The summed E-state index contributed by atoms with van der Waals surface area (Å²) >= 11 is 0. The third-order valence-electron chi connectivity index (χ3n) is 5.56. The van der Waals surface area contributed by atoms with Gasteiger partial charge in [0, 0.05) is 18.2 Å². The van der Waals surface area contributed by atoms with Crippen molar-refractivity contribution in [1.82, 2.24) is 19.9 Å². The van der Waals surface area contributed by atoms with E-state index in [0.29, 0.717) is 36.4 Å². The topological polar surface area (TPSA) is 119 Å². The van der Waals surface area contributed by atoms with Crippen LogP contribution in [0, 0.1) is 5.82 Å². The molecule has 3 heterocycles. The fraction of sp³-hybridized carbons (Fsp3) is 0.160. The van der Waals surface area contributed by atoms with Gasteiger partial charge in [-0.1, -0.05) is 24.3 Å². The second-order valence-corrected chi connectivity index (χ2v) is 7.88. The first-order valence-corrected chi connectivity index (χ1v) is 10.9. The third kappa shape index (κ3) is 4.72. The van der Waals surface area contributed by atoms with Crippen LogP contribution in [-0.2, 0) is 9.59 Å². The quantitative estimate of drug-likeness (QED) is 0.411. The first-order chi connectivity index (χ1) is 17.0. The average molecular weight is 474 g/mol. The summed E-state index contributed by atoms with van der Waals surface area (Å²) in [6, 6.07) is 12.2. The molecule has 1 fully saturated rings. The number of rotatable bonds is 6. The molecule has 2 aromatic carbocycles. The number of aliphatic carboxylic acids is 1. The predicted octanol–water partition coefficient (Wildman–Crippen LogP) is 4.31. The van der Waals surface area contributed by atoms with Crippen LogP contribution in [0.4, 0.5) is 4.39 Å². The highest BCUT2D eigenvalue weighted by Crippen LogP contribution is 2.26. The number of amides is 1. The standard InChI is InChI=1S/C25H19FN4O5/c26-17-4-1-2-6-20(17)34-25-27-14-18-23(29-25)35-22(28-18)16-10-7-15(8-11-16)9-12-21(31)30-13-3-5-19(30)24(32)33/h1-2,4,6-12,14,19H,3,5,13H2,(H,32,33)/t19-/m0/s1. The number of hydrogen-bond donors (Lipinski definition) is 1. The van der Waals surface area contributed by atoms with Gasteiger partial charge in [0.15, 0.2) is 11.6 Å². The van der Waals surface area contributed by atoms with Crippen molar-refractivity contribution in [3.05, 3.63) is 72.2 Å². The van der Waals surface area contributed by atoms with E-state index in [4.69, 9.17) is 9.15 Å². The Kier molecular flexibility index (Phi) is 5.92. The Balaban J connectivity index is 1.29. The molecular weight excluding hydrogens is 455 g/mol. The third-order valence-corrected chi connectivity index (χ3v) is 5.56. The zero-order valence-electron chi connectivity index (χ0n) is 18.3. The van der Waals surface area contributed by atoms with Gasteiger partial charge in [0.05, 0.1) is 6.20 Å². The number of nitrogens with zero attached hydrogens (tertiary/aromatic N) is 4. The number of carbonyl (C=O) groups excluding carboxylic acids is 1. The van der Waals surface area contributed by atoms with E-state index in [1.54, 1.807) is 42.5 Å². The van der Waals surface area contributed by atoms with Crippen molar-refractivity contribution < 1.29 is 28.2 Å². The monoisotopic (exact) mass is 474 g/mol. The van der Waals surface area contributed by atoms with E-state index >= 15 is 0 Å². The van der Waals surface area contributed by atoms with E-state index in [9.17, 15) is 19.1 Å². The van der Waals surface area contributed by atoms with E-state index in [0.717, 1.165) is 5.56 Å². The molecule has 0 spiro atoms. The number of likely N-dealkylation sites (tertiary alicyclic amines) is 1. The van der Waals surface area contributed by atoms with Gasteiger partial charge in [0.1, 0.15) is 11.6 Å². The largest absolute Gasteiger partial charge is 0.480 e. The fourth-order valence-corrected chi connectivity index (χ4v) is 3.81. The van der Waals surface area contributed by atoms with Crippen LogP contribution in [0.5, 0.6) is 11.8 Å². The summed E-state index contributed by atoms with van der Waals surface area (Å²) in [7, 11) is 0. The number of ether oxygens (including phenoxy) is 1. The number of aromatic nitrogens is 3. The number of para-hydroxylation sites is 1. The Hall–Kier alpha value is -4.60. The number of carbonyl (C=O) groups is 2. The molecule has 0 aliphatic carbocycles. The van der Waals surface area contributed by atoms with Crippen LogP contribution in [0.1, 0.15) is 18.4 Å². The lowest BCUT2D eigenvalue weighted by Gasteiger charge is -2.19. The van der Waals surface area contributed by atoms with Gasteiger partial charge >= 0.3 is 12.0 Å². The average Bonchev–Trinajstić information content (AvgIpc) is 3.52. The number of benzene rings is 2. The molecule has 1 amide bonds. The molecule has 176 valence electrons. The Bertz CT molecular complexity index is 1430. The summed E-state index contributed by atoms with van der Waals surface area (Å²) < 4.78 is 24.9. The van der Waals surface area contributed by atoms with E-state index in [2.05, 4.69) is 15.0 Å². The first-order valence-electron chi connectivity index (χ1n) is 10.9. The summed E-state index contributed by atoms with van der Waals surface area (Å²) in [5, 5.41) is 9.24. The first kappa shape index (κ1) is 22.2. The van der Waals surface area contributed by atoms with Gasteiger partial charge in [-0.15, -0.1) is 0 Å². The van der Waals surface area contributed by atoms with Crippen molar-refractivity contribution >= 4 is 29.2 Å². The Morgan fingerprint density at radius 2 is 1.94 bits per heavy atom. The molecule has 5 rings (SSSR count). The molecule has 0 saturated carbocycles. The molecule has 0 radical (unpaired) electrons. The van der Waals surface area contributed by atoms with Gasteiger partial charge in [0.25, 0.3) is 5.71 Å². The molecule has 2 aromatic heterocycles. The van der Waals surface area contributed by atoms with E-state index in [1.807, 2.05) is 0 Å². The van der Waals surface area contributed by atoms with Crippen LogP contribution in [0.3, 0.4) is 0 Å². The molecule has 1 saturated heterocycles. The summed E-state index contributed by atoms with van der Waals surface area (Å²) in [5.74, 6) is -1.54. The summed E-state index contributed by atoms with van der Waals surface area (Å²) in [5.41, 5.74) is 2.03. The number of fused-ring (bicyclic) bond motifs is 1. The van der Waals surface area contributed by atoms with Crippen LogP contribution < -0.4 is 4.74 Å². The molecule has 1 aliphatic heterocycles. The summed E-state index contributed by atoms with van der Waals surface area (Å²) in [6.07, 6.45) is 5.58. The fourth-order valence-electron chi connectivity index (χ4n) is 3.81. The summed E-state index contributed by atoms with van der Waals surface area (Å²) in [4.78, 5) is 37.6. The Labute approximate surface area is 198 Å². The molecule has 10 heteroatoms. The Morgan fingerprint density at radius 3 is 2.71 bits per heavy atom. The molecular formula is C25H19FN4O5. The van der Waals surface area contributed by atoms with Gasteiger partial charge < -0.3 is 19.2 Å². The van der Waals surface area contributed by atoms with Gasteiger partial charge in [-0.25, -0.2) is 19.2 Å². The minimum atomic E-state index is -0.984. The molecule has 0 bridgehead atoms. The smallest absolute Gasteiger partial charge is 0.326 e. The van der Waals surface area contributed by atoms with Crippen molar-refractivity contribution in [3.8, 4) is 23.2 Å². The lowest BCUT2D eigenvalue weighted by molar-refractivity contribution is -0.146. The lowest BCUT2D eigenvalue weighted by atomic mass is 10.1. The summed E-state index contributed by atoms with van der Waals surface area (Å²) in [6.45, 7) is 0.437. The number of carboxylic acids is 1. The van der Waals surface area contributed by atoms with Gasteiger partial charge in [-0.05, 0) is 48.7 Å². The van der Waals surface area contributed by atoms with E-state index in [1.165, 1.54) is 29.3 Å². The van der Waals surface area contributed by atoms with Gasteiger partial charge in [-0.3, -0.25) is 4.79 Å². The normalized spacial score (nSPS) is 15.7. The molecule has 1 atom stereocenters. The van der Waals surface area contributed by atoms with Crippen molar-refractivity contribution in [1.29, 1.82) is 0 Å². The molecule has 35 heavy (non-hydrogen) atoms. The van der Waals surface area contributed by atoms with Crippen LogP contribution in [0.2, 0.25) is 0 Å². The SMILES string of the molecule is O=C(O)[C@@H]1CCCN1C(=O)C=Cc1ccc(-c2nc3cnc(Oc4ccccc4F)nc3o2)cc1. The van der Waals surface area contributed by atoms with E-state index in [-0.39, 0.29) is 23.4 Å². The number of halogens is 1. The highest BCUT2D eigenvalue weighted by atomic mass is 19.1. The maximum Gasteiger partial charge on any atom is 0.326 e. The van der Waals surface area contributed by atoms with Crippen molar-refractivity contribution in [2.45, 2.75) is 18.9 Å².